The average molecular weight is 292 g/mol. The van der Waals surface area contributed by atoms with Gasteiger partial charge in [-0.25, -0.2) is 0 Å². The highest BCUT2D eigenvalue weighted by atomic mass is 16.5. The zero-order chi connectivity index (χ0) is 14.7. The summed E-state index contributed by atoms with van der Waals surface area (Å²) < 4.78 is 16.9. The zero-order valence-corrected chi connectivity index (χ0v) is 12.9. The Morgan fingerprint density at radius 2 is 1.90 bits per heavy atom. The van der Waals surface area contributed by atoms with Gasteiger partial charge in [0.2, 0.25) is 0 Å². The summed E-state index contributed by atoms with van der Waals surface area (Å²) in [7, 11) is 3.36. The molecule has 0 amide bonds. The van der Waals surface area contributed by atoms with Gasteiger partial charge in [-0.2, -0.15) is 0 Å². The molecular formula is C16H24N2O3. The smallest absolute Gasteiger partial charge is 0.161 e. The van der Waals surface area contributed by atoms with E-state index in [-0.39, 0.29) is 6.10 Å². The van der Waals surface area contributed by atoms with Crippen molar-refractivity contribution in [3.8, 4) is 11.5 Å². The first kappa shape index (κ1) is 14.6. The number of nitrogens with one attached hydrogen (secondary N) is 1. The van der Waals surface area contributed by atoms with Crippen LogP contribution in [-0.4, -0.2) is 58.5 Å². The van der Waals surface area contributed by atoms with Crippen molar-refractivity contribution in [1.82, 2.24) is 10.2 Å². The summed E-state index contributed by atoms with van der Waals surface area (Å²) in [5, 5.41) is 3.39. The minimum Gasteiger partial charge on any atom is -0.493 e. The van der Waals surface area contributed by atoms with Gasteiger partial charge in [0.05, 0.1) is 26.9 Å². The molecule has 1 aromatic rings. The van der Waals surface area contributed by atoms with Crippen molar-refractivity contribution >= 4 is 0 Å². The number of rotatable bonds is 4. The van der Waals surface area contributed by atoms with Crippen LogP contribution in [0.5, 0.6) is 11.5 Å². The van der Waals surface area contributed by atoms with Crippen LogP contribution in [-0.2, 0) is 11.2 Å². The predicted octanol–water partition coefficient (Wildman–Crippen LogP) is 1.22. The Bertz CT molecular complexity index is 487. The van der Waals surface area contributed by atoms with Gasteiger partial charge >= 0.3 is 0 Å². The highest BCUT2D eigenvalue weighted by molar-refractivity contribution is 5.49. The van der Waals surface area contributed by atoms with Crippen molar-refractivity contribution in [2.45, 2.75) is 12.5 Å². The average Bonchev–Trinajstić information content (AvgIpc) is 2.55. The second kappa shape index (κ2) is 6.64. The van der Waals surface area contributed by atoms with Gasteiger partial charge in [0.15, 0.2) is 11.5 Å². The number of methoxy groups -OCH3 is 2. The summed E-state index contributed by atoms with van der Waals surface area (Å²) in [5.74, 6) is 1.59. The second-order valence-electron chi connectivity index (χ2n) is 5.57. The molecule has 0 bridgehead atoms. The third-order valence-electron chi connectivity index (χ3n) is 4.32. The van der Waals surface area contributed by atoms with E-state index in [2.05, 4.69) is 22.3 Å². The molecule has 2 heterocycles. The lowest BCUT2D eigenvalue weighted by atomic mass is 9.96. The largest absolute Gasteiger partial charge is 0.493 e. The number of ether oxygens (including phenoxy) is 3. The number of piperazine rings is 1. The van der Waals surface area contributed by atoms with E-state index in [4.69, 9.17) is 14.2 Å². The van der Waals surface area contributed by atoms with Crippen molar-refractivity contribution in [2.75, 3.05) is 53.6 Å². The summed E-state index contributed by atoms with van der Waals surface area (Å²) in [6, 6.07) is 4.18. The minimum atomic E-state index is 0.131. The van der Waals surface area contributed by atoms with Crippen LogP contribution in [0, 0.1) is 0 Å². The van der Waals surface area contributed by atoms with Crippen LogP contribution >= 0.6 is 0 Å². The van der Waals surface area contributed by atoms with Crippen molar-refractivity contribution in [3.63, 3.8) is 0 Å². The Kier molecular flexibility index (Phi) is 4.63. The fourth-order valence-corrected chi connectivity index (χ4v) is 3.13. The molecule has 5 heteroatoms. The van der Waals surface area contributed by atoms with Crippen molar-refractivity contribution in [2.24, 2.45) is 0 Å². The van der Waals surface area contributed by atoms with Gasteiger partial charge in [0.1, 0.15) is 0 Å². The molecule has 0 aromatic heterocycles. The Hall–Kier alpha value is -1.30. The predicted molar refractivity (Wildman–Crippen MR) is 81.3 cm³/mol. The molecule has 116 valence electrons. The molecule has 3 rings (SSSR count). The van der Waals surface area contributed by atoms with Gasteiger partial charge in [-0.1, -0.05) is 0 Å². The summed E-state index contributed by atoms with van der Waals surface area (Å²) in [5.41, 5.74) is 2.57. The molecule has 2 aliphatic rings. The molecule has 1 unspecified atom stereocenters. The van der Waals surface area contributed by atoms with Crippen LogP contribution in [0.25, 0.3) is 0 Å². The van der Waals surface area contributed by atoms with E-state index in [9.17, 15) is 0 Å². The summed E-state index contributed by atoms with van der Waals surface area (Å²) in [6.45, 7) is 6.02. The zero-order valence-electron chi connectivity index (χ0n) is 12.9. The third kappa shape index (κ3) is 3.15. The van der Waals surface area contributed by atoms with Gasteiger partial charge < -0.3 is 19.5 Å². The summed E-state index contributed by atoms with van der Waals surface area (Å²) in [4.78, 5) is 2.47. The lowest BCUT2D eigenvalue weighted by molar-refractivity contribution is 0.0134. The number of nitrogens with zero attached hydrogens (tertiary/aromatic N) is 1. The molecule has 1 aromatic carbocycles. The molecule has 0 aliphatic carbocycles. The third-order valence-corrected chi connectivity index (χ3v) is 4.32. The highest BCUT2D eigenvalue weighted by Gasteiger charge is 2.26. The maximum absolute atomic E-state index is 6.02. The van der Waals surface area contributed by atoms with Crippen LogP contribution < -0.4 is 14.8 Å². The fourth-order valence-electron chi connectivity index (χ4n) is 3.13. The quantitative estimate of drug-likeness (QED) is 0.904. The maximum Gasteiger partial charge on any atom is 0.161 e. The van der Waals surface area contributed by atoms with E-state index in [0.29, 0.717) is 0 Å². The van der Waals surface area contributed by atoms with Crippen molar-refractivity contribution in [1.29, 1.82) is 0 Å². The molecule has 1 atom stereocenters. The molecule has 1 saturated heterocycles. The minimum absolute atomic E-state index is 0.131. The molecule has 0 spiro atoms. The van der Waals surface area contributed by atoms with E-state index in [0.717, 1.165) is 57.3 Å². The monoisotopic (exact) mass is 292 g/mol. The van der Waals surface area contributed by atoms with Gasteiger partial charge in [0.25, 0.3) is 0 Å². The molecule has 1 fully saturated rings. The van der Waals surface area contributed by atoms with Crippen LogP contribution in [0.3, 0.4) is 0 Å². The fraction of sp³-hybridized carbons (Fsp3) is 0.625. The Labute approximate surface area is 126 Å². The molecule has 2 aliphatic heterocycles. The molecule has 1 N–H and O–H groups in total. The molecule has 0 saturated carbocycles. The van der Waals surface area contributed by atoms with Crippen molar-refractivity contribution in [3.05, 3.63) is 23.3 Å². The van der Waals surface area contributed by atoms with E-state index in [1.807, 2.05) is 0 Å². The maximum atomic E-state index is 6.02. The molecule has 0 radical (unpaired) electrons. The normalized spacial score (nSPS) is 22.7. The lowest BCUT2D eigenvalue weighted by Crippen LogP contribution is -2.45. The number of hydrogen-bond acceptors (Lipinski definition) is 5. The van der Waals surface area contributed by atoms with Crippen LogP contribution in [0.1, 0.15) is 17.2 Å². The Morgan fingerprint density at radius 1 is 1.19 bits per heavy atom. The first-order chi connectivity index (χ1) is 10.3. The van der Waals surface area contributed by atoms with Gasteiger partial charge in [-0.15, -0.1) is 0 Å². The number of fused-ring (bicyclic) bond motifs is 1. The topological polar surface area (TPSA) is 43.0 Å². The molecule has 21 heavy (non-hydrogen) atoms. The lowest BCUT2D eigenvalue weighted by Gasteiger charge is -2.34. The van der Waals surface area contributed by atoms with Crippen molar-refractivity contribution < 1.29 is 14.2 Å². The highest BCUT2D eigenvalue weighted by Crippen LogP contribution is 2.37. The summed E-state index contributed by atoms with van der Waals surface area (Å²) in [6.07, 6.45) is 1.07. The van der Waals surface area contributed by atoms with Gasteiger partial charge in [-0.05, 0) is 29.7 Å². The van der Waals surface area contributed by atoms with Gasteiger partial charge in [0, 0.05) is 32.7 Å². The second-order valence-corrected chi connectivity index (χ2v) is 5.57. The molecular weight excluding hydrogens is 268 g/mol. The van der Waals surface area contributed by atoms with Gasteiger partial charge in [-0.3, -0.25) is 4.90 Å². The first-order valence-corrected chi connectivity index (χ1v) is 7.61. The standard InChI is InChI=1S/C16H24N2O3/c1-19-14-9-12-3-8-21-16(13(12)10-15(14)20-2)11-18-6-4-17-5-7-18/h9-10,16-17H,3-8,11H2,1-2H3. The van der Waals surface area contributed by atoms with Crippen LogP contribution in [0.4, 0.5) is 0 Å². The van der Waals surface area contributed by atoms with Crippen LogP contribution in [0.2, 0.25) is 0 Å². The van der Waals surface area contributed by atoms with E-state index >= 15 is 0 Å². The Balaban J connectivity index is 1.82. The molecule has 5 nitrogen and oxygen atoms in total. The van der Waals surface area contributed by atoms with E-state index in [1.54, 1.807) is 14.2 Å². The SMILES string of the molecule is COc1cc2c(cc1OC)C(CN1CCNCC1)OCC2. The Morgan fingerprint density at radius 3 is 2.62 bits per heavy atom. The van der Waals surface area contributed by atoms with E-state index < -0.39 is 0 Å². The number of benzene rings is 1. The number of hydrogen-bond donors (Lipinski definition) is 1. The first-order valence-electron chi connectivity index (χ1n) is 7.61. The summed E-state index contributed by atoms with van der Waals surface area (Å²) >= 11 is 0. The van der Waals surface area contributed by atoms with Crippen LogP contribution in [0.15, 0.2) is 12.1 Å². The van der Waals surface area contributed by atoms with E-state index in [1.165, 1.54) is 11.1 Å².